The number of unbranched alkanes of at least 4 members (excludes halogenated alkanes) is 1. The summed E-state index contributed by atoms with van der Waals surface area (Å²) >= 11 is 0. The number of rotatable bonds is 7. The Kier molecular flexibility index (Phi) is 6.95. The molecule has 0 radical (unpaired) electrons. The first-order valence-corrected chi connectivity index (χ1v) is 8.16. The fourth-order valence-electron chi connectivity index (χ4n) is 2.14. The Morgan fingerprint density at radius 2 is 1.80 bits per heavy atom. The van der Waals surface area contributed by atoms with Crippen LogP contribution in [0.3, 0.4) is 0 Å². The van der Waals surface area contributed by atoms with Crippen molar-refractivity contribution in [3.05, 3.63) is 65.5 Å². The number of urea groups is 1. The highest BCUT2D eigenvalue weighted by Gasteiger charge is 2.14. The van der Waals surface area contributed by atoms with E-state index in [2.05, 4.69) is 10.6 Å². The van der Waals surface area contributed by atoms with Crippen molar-refractivity contribution in [2.24, 2.45) is 0 Å². The van der Waals surface area contributed by atoms with Crippen LogP contribution in [0.2, 0.25) is 0 Å². The number of hydrogen-bond acceptors (Lipinski definition) is 3. The molecule has 0 saturated heterocycles. The number of carbonyl (C=O) groups excluding carboxylic acids is 2. The summed E-state index contributed by atoms with van der Waals surface area (Å²) in [5, 5.41) is 5.16. The molecule has 2 amide bonds. The van der Waals surface area contributed by atoms with Crippen molar-refractivity contribution in [1.82, 2.24) is 5.32 Å². The van der Waals surface area contributed by atoms with Gasteiger partial charge in [-0.3, -0.25) is 0 Å². The molecular weight excluding hydrogens is 323 g/mol. The number of ether oxygens (including phenoxy) is 1. The fraction of sp³-hybridized carbons (Fsp3) is 0.263. The first-order chi connectivity index (χ1) is 12.1. The Morgan fingerprint density at radius 3 is 2.56 bits per heavy atom. The molecule has 0 unspecified atom stereocenters. The van der Waals surface area contributed by atoms with Gasteiger partial charge in [0.25, 0.3) is 0 Å². The van der Waals surface area contributed by atoms with E-state index in [4.69, 9.17) is 4.74 Å². The second kappa shape index (κ2) is 9.42. The lowest BCUT2D eigenvalue weighted by atomic mass is 10.2. The predicted molar refractivity (Wildman–Crippen MR) is 93.9 cm³/mol. The minimum Gasteiger partial charge on any atom is -0.462 e. The number of halogens is 1. The van der Waals surface area contributed by atoms with Crippen molar-refractivity contribution < 1.29 is 18.7 Å². The molecule has 2 N–H and O–H groups in total. The van der Waals surface area contributed by atoms with Gasteiger partial charge in [0.2, 0.25) is 0 Å². The number of amides is 2. The van der Waals surface area contributed by atoms with Crippen molar-refractivity contribution in [2.75, 3.05) is 11.9 Å². The number of hydrogen-bond donors (Lipinski definition) is 2. The van der Waals surface area contributed by atoms with Crippen LogP contribution < -0.4 is 10.6 Å². The van der Waals surface area contributed by atoms with Gasteiger partial charge in [-0.25, -0.2) is 14.0 Å². The molecule has 2 aromatic rings. The van der Waals surface area contributed by atoms with Gasteiger partial charge in [-0.05, 0) is 24.6 Å². The van der Waals surface area contributed by atoms with Crippen molar-refractivity contribution >= 4 is 17.7 Å². The molecular formula is C19H21FN2O3. The van der Waals surface area contributed by atoms with Gasteiger partial charge < -0.3 is 15.4 Å². The van der Waals surface area contributed by atoms with Crippen LogP contribution in [0, 0.1) is 5.82 Å². The largest absolute Gasteiger partial charge is 0.462 e. The van der Waals surface area contributed by atoms with E-state index in [1.165, 1.54) is 6.07 Å². The van der Waals surface area contributed by atoms with Gasteiger partial charge >= 0.3 is 12.0 Å². The van der Waals surface area contributed by atoms with Gasteiger partial charge in [0.15, 0.2) is 0 Å². The van der Waals surface area contributed by atoms with Crippen LogP contribution in [0.5, 0.6) is 0 Å². The number of nitrogens with one attached hydrogen (secondary N) is 2. The van der Waals surface area contributed by atoms with Crippen molar-refractivity contribution in [3.8, 4) is 0 Å². The van der Waals surface area contributed by atoms with Gasteiger partial charge in [0.1, 0.15) is 5.82 Å². The topological polar surface area (TPSA) is 67.4 Å². The molecule has 2 aromatic carbocycles. The highest BCUT2D eigenvalue weighted by atomic mass is 19.1. The summed E-state index contributed by atoms with van der Waals surface area (Å²) in [4.78, 5) is 24.1. The third-order valence-electron chi connectivity index (χ3n) is 3.52. The van der Waals surface area contributed by atoms with Gasteiger partial charge in [0.05, 0.1) is 17.9 Å². The molecule has 0 atom stereocenters. The van der Waals surface area contributed by atoms with Crippen LogP contribution in [-0.4, -0.2) is 18.6 Å². The second-order valence-corrected chi connectivity index (χ2v) is 5.43. The maximum atomic E-state index is 13.6. The molecule has 0 aromatic heterocycles. The minimum atomic E-state index is -0.530. The zero-order valence-electron chi connectivity index (χ0n) is 14.0. The zero-order chi connectivity index (χ0) is 18.1. The third-order valence-corrected chi connectivity index (χ3v) is 3.52. The molecule has 0 fully saturated rings. The van der Waals surface area contributed by atoms with E-state index in [0.717, 1.165) is 12.8 Å². The maximum absolute atomic E-state index is 13.6. The average Bonchev–Trinajstić information content (AvgIpc) is 2.61. The maximum Gasteiger partial charge on any atom is 0.340 e. The van der Waals surface area contributed by atoms with Crippen LogP contribution in [-0.2, 0) is 11.3 Å². The van der Waals surface area contributed by atoms with E-state index >= 15 is 0 Å². The summed E-state index contributed by atoms with van der Waals surface area (Å²) < 4.78 is 18.7. The van der Waals surface area contributed by atoms with Crippen molar-refractivity contribution in [3.63, 3.8) is 0 Å². The Bertz CT molecular complexity index is 734. The second-order valence-electron chi connectivity index (χ2n) is 5.43. The fourth-order valence-corrected chi connectivity index (χ4v) is 2.14. The van der Waals surface area contributed by atoms with Gasteiger partial charge in [0, 0.05) is 12.1 Å². The molecule has 0 aliphatic rings. The van der Waals surface area contributed by atoms with Gasteiger partial charge in [-0.2, -0.15) is 0 Å². The molecule has 6 heteroatoms. The van der Waals surface area contributed by atoms with E-state index in [9.17, 15) is 14.0 Å². The lowest BCUT2D eigenvalue weighted by Crippen LogP contribution is -2.29. The van der Waals surface area contributed by atoms with E-state index in [1.54, 1.807) is 42.5 Å². The Morgan fingerprint density at radius 1 is 1.08 bits per heavy atom. The first kappa shape index (κ1) is 18.4. The molecule has 0 bridgehead atoms. The lowest BCUT2D eigenvalue weighted by Gasteiger charge is -2.12. The first-order valence-electron chi connectivity index (χ1n) is 8.16. The van der Waals surface area contributed by atoms with Crippen molar-refractivity contribution in [2.45, 2.75) is 26.3 Å². The number of benzene rings is 2. The zero-order valence-corrected chi connectivity index (χ0v) is 14.0. The van der Waals surface area contributed by atoms with E-state index < -0.39 is 12.0 Å². The summed E-state index contributed by atoms with van der Waals surface area (Å²) in [7, 11) is 0. The predicted octanol–water partition coefficient (Wildman–Crippen LogP) is 4.10. The molecule has 2 rings (SSSR count). The number of para-hydroxylation sites is 1. The summed E-state index contributed by atoms with van der Waals surface area (Å²) in [6.45, 7) is 2.38. The molecule has 5 nitrogen and oxygen atoms in total. The Balaban J connectivity index is 1.96. The average molecular weight is 344 g/mol. The minimum absolute atomic E-state index is 0.0433. The number of anilines is 1. The van der Waals surface area contributed by atoms with Crippen LogP contribution in [0.4, 0.5) is 14.9 Å². The Labute approximate surface area is 146 Å². The van der Waals surface area contributed by atoms with E-state index in [1.807, 2.05) is 6.92 Å². The lowest BCUT2D eigenvalue weighted by molar-refractivity contribution is 0.0501. The summed E-state index contributed by atoms with van der Waals surface area (Å²) in [5.41, 5.74) is 1.000. The smallest absolute Gasteiger partial charge is 0.340 e. The van der Waals surface area contributed by atoms with Gasteiger partial charge in [-0.1, -0.05) is 43.7 Å². The summed E-state index contributed by atoms with van der Waals surface area (Å²) in [5.74, 6) is -0.874. The SMILES string of the molecule is CCCCOC(=O)c1ccccc1NC(=O)NCc1ccccc1F. The number of esters is 1. The third kappa shape index (κ3) is 5.60. The normalized spacial score (nSPS) is 10.2. The molecule has 0 aliphatic carbocycles. The molecule has 132 valence electrons. The van der Waals surface area contributed by atoms with Crippen LogP contribution >= 0.6 is 0 Å². The van der Waals surface area contributed by atoms with Crippen molar-refractivity contribution in [1.29, 1.82) is 0 Å². The quantitative estimate of drug-likeness (QED) is 0.587. The van der Waals surface area contributed by atoms with Crippen LogP contribution in [0.25, 0.3) is 0 Å². The monoisotopic (exact) mass is 344 g/mol. The molecule has 25 heavy (non-hydrogen) atoms. The molecule has 0 heterocycles. The van der Waals surface area contributed by atoms with E-state index in [-0.39, 0.29) is 17.9 Å². The highest BCUT2D eigenvalue weighted by Crippen LogP contribution is 2.16. The molecule has 0 saturated carbocycles. The standard InChI is InChI=1S/C19H21FN2O3/c1-2-3-12-25-18(23)15-9-5-7-11-17(15)22-19(24)21-13-14-8-4-6-10-16(14)20/h4-11H,2-3,12-13H2,1H3,(H2,21,22,24). The summed E-state index contributed by atoms with van der Waals surface area (Å²) in [6, 6.07) is 12.3. The Hall–Kier alpha value is -2.89. The summed E-state index contributed by atoms with van der Waals surface area (Å²) in [6.07, 6.45) is 1.70. The molecule has 0 aliphatic heterocycles. The highest BCUT2D eigenvalue weighted by molar-refractivity contribution is 6.00. The van der Waals surface area contributed by atoms with Crippen LogP contribution in [0.15, 0.2) is 48.5 Å². The van der Waals surface area contributed by atoms with E-state index in [0.29, 0.717) is 17.9 Å². The number of carbonyl (C=O) groups is 2. The molecule has 0 spiro atoms. The van der Waals surface area contributed by atoms with Crippen LogP contribution in [0.1, 0.15) is 35.7 Å². The van der Waals surface area contributed by atoms with Gasteiger partial charge in [-0.15, -0.1) is 0 Å².